The molecule has 2 N–H and O–H groups in total. The number of hydrogen-bond donors (Lipinski definition) is 2. The number of carbonyl (C=O) groups is 1. The van der Waals surface area contributed by atoms with Gasteiger partial charge in [0, 0.05) is 29.7 Å². The monoisotopic (exact) mass is 441 g/mol. The molecule has 4 rings (SSSR count). The van der Waals surface area contributed by atoms with Crippen LogP contribution in [0.15, 0.2) is 52.4 Å². The number of nitrogens with zero attached hydrogens (tertiary/aromatic N) is 1. The van der Waals surface area contributed by atoms with Crippen molar-refractivity contribution in [3.63, 3.8) is 0 Å². The van der Waals surface area contributed by atoms with Gasteiger partial charge < -0.3 is 19.8 Å². The molecule has 1 amide bonds. The van der Waals surface area contributed by atoms with Gasteiger partial charge in [-0.25, -0.2) is 9.37 Å². The van der Waals surface area contributed by atoms with Crippen molar-refractivity contribution in [3.8, 4) is 11.5 Å². The maximum absolute atomic E-state index is 13.9. The summed E-state index contributed by atoms with van der Waals surface area (Å²) in [6.45, 7) is 0. The Bertz CT molecular complexity index is 1200. The molecule has 0 saturated heterocycles. The summed E-state index contributed by atoms with van der Waals surface area (Å²) >= 11 is 1.19. The number of aromatic nitrogens is 2. The van der Waals surface area contributed by atoms with Gasteiger partial charge in [-0.1, -0.05) is 36.0 Å². The van der Waals surface area contributed by atoms with Crippen LogP contribution in [0.4, 0.5) is 10.2 Å². The van der Waals surface area contributed by atoms with Crippen LogP contribution in [0.25, 0.3) is 0 Å². The molecule has 1 aliphatic heterocycles. The summed E-state index contributed by atoms with van der Waals surface area (Å²) in [6.07, 6.45) is 0.0855. The number of ether oxygens (including phenoxy) is 2. The van der Waals surface area contributed by atoms with E-state index < -0.39 is 5.92 Å². The summed E-state index contributed by atoms with van der Waals surface area (Å²) in [5.41, 5.74) is 1.19. The molecule has 1 aliphatic rings. The van der Waals surface area contributed by atoms with Crippen molar-refractivity contribution in [3.05, 3.63) is 75.3 Å². The highest BCUT2D eigenvalue weighted by atomic mass is 32.2. The second kappa shape index (κ2) is 8.81. The molecule has 0 spiro atoms. The van der Waals surface area contributed by atoms with Gasteiger partial charge in [0.2, 0.25) is 5.91 Å². The van der Waals surface area contributed by atoms with Gasteiger partial charge in [0.15, 0.2) is 5.16 Å². The number of hydrogen-bond acceptors (Lipinski definition) is 6. The largest absolute Gasteiger partial charge is 0.497 e. The average molecular weight is 441 g/mol. The minimum atomic E-state index is -0.522. The van der Waals surface area contributed by atoms with Crippen molar-refractivity contribution in [2.45, 2.75) is 23.2 Å². The van der Waals surface area contributed by atoms with Crippen LogP contribution < -0.4 is 20.3 Å². The molecule has 0 radical (unpaired) electrons. The maximum atomic E-state index is 13.9. The fraction of sp³-hybridized carbons (Fsp3) is 0.227. The molecule has 1 unspecified atom stereocenters. The van der Waals surface area contributed by atoms with Crippen molar-refractivity contribution in [2.24, 2.45) is 0 Å². The third kappa shape index (κ3) is 4.27. The molecule has 2 aromatic carbocycles. The van der Waals surface area contributed by atoms with Crippen LogP contribution in [0, 0.1) is 5.82 Å². The molecular formula is C22H20FN3O4S. The first-order valence-electron chi connectivity index (χ1n) is 9.52. The number of rotatable bonds is 6. The number of methoxy groups -OCH3 is 2. The van der Waals surface area contributed by atoms with Crippen molar-refractivity contribution in [1.82, 2.24) is 9.97 Å². The fourth-order valence-electron chi connectivity index (χ4n) is 3.55. The van der Waals surface area contributed by atoms with E-state index in [-0.39, 0.29) is 35.3 Å². The van der Waals surface area contributed by atoms with Crippen molar-refractivity contribution >= 4 is 23.5 Å². The summed E-state index contributed by atoms with van der Waals surface area (Å²) in [7, 11) is 3.07. The highest BCUT2D eigenvalue weighted by molar-refractivity contribution is 7.98. The van der Waals surface area contributed by atoms with Crippen LogP contribution in [0.3, 0.4) is 0 Å². The number of amides is 1. The van der Waals surface area contributed by atoms with E-state index in [4.69, 9.17) is 9.47 Å². The van der Waals surface area contributed by atoms with E-state index in [1.54, 1.807) is 43.5 Å². The smallest absolute Gasteiger partial charge is 0.257 e. The summed E-state index contributed by atoms with van der Waals surface area (Å²) in [5, 5.41) is 2.99. The third-order valence-corrected chi connectivity index (χ3v) is 5.99. The fourth-order valence-corrected chi connectivity index (χ4v) is 4.40. The highest BCUT2D eigenvalue weighted by Gasteiger charge is 2.32. The Labute approximate surface area is 182 Å². The van der Waals surface area contributed by atoms with Crippen molar-refractivity contribution in [1.29, 1.82) is 0 Å². The Morgan fingerprint density at radius 1 is 1.16 bits per heavy atom. The quantitative estimate of drug-likeness (QED) is 0.448. The second-order valence-corrected chi connectivity index (χ2v) is 7.89. The van der Waals surface area contributed by atoms with Gasteiger partial charge in [0.1, 0.15) is 23.1 Å². The lowest BCUT2D eigenvalue weighted by molar-refractivity contribution is -0.116. The Morgan fingerprint density at radius 3 is 2.71 bits per heavy atom. The Balaban J connectivity index is 1.69. The summed E-state index contributed by atoms with van der Waals surface area (Å²) in [6, 6.07) is 11.7. The van der Waals surface area contributed by atoms with E-state index in [0.29, 0.717) is 33.3 Å². The second-order valence-electron chi connectivity index (χ2n) is 6.93. The Kier molecular flexibility index (Phi) is 5.94. The number of carbonyl (C=O) groups excluding carboxylic acids is 1. The summed E-state index contributed by atoms with van der Waals surface area (Å²) in [5.74, 6) is 0.521. The lowest BCUT2D eigenvalue weighted by Gasteiger charge is -2.26. The van der Waals surface area contributed by atoms with E-state index in [1.807, 2.05) is 0 Å². The number of fused-ring (bicyclic) bond motifs is 1. The van der Waals surface area contributed by atoms with Crippen LogP contribution >= 0.6 is 11.8 Å². The summed E-state index contributed by atoms with van der Waals surface area (Å²) in [4.78, 5) is 32.5. The topological polar surface area (TPSA) is 93.3 Å². The van der Waals surface area contributed by atoms with Crippen LogP contribution in [0.5, 0.6) is 11.5 Å². The molecule has 0 fully saturated rings. The molecule has 0 saturated carbocycles. The van der Waals surface area contributed by atoms with Crippen LogP contribution in [0.1, 0.15) is 29.0 Å². The van der Waals surface area contributed by atoms with E-state index in [0.717, 1.165) is 0 Å². The molecule has 3 aromatic rings. The van der Waals surface area contributed by atoms with Gasteiger partial charge in [-0.3, -0.25) is 9.59 Å². The molecule has 1 atom stereocenters. The minimum Gasteiger partial charge on any atom is -0.497 e. The molecule has 31 heavy (non-hydrogen) atoms. The standard InChI is InChI=1S/C22H20FN3O4S/c1-29-13-7-8-14(17(9-13)30-2)15-10-18(27)24-20-19(15)21(28)26-22(25-20)31-11-12-5-3-4-6-16(12)23/h3-9,15H,10-11H2,1-2H3,(H2,24,25,26,27,28). The maximum Gasteiger partial charge on any atom is 0.257 e. The third-order valence-electron chi connectivity index (χ3n) is 5.07. The van der Waals surface area contributed by atoms with Gasteiger partial charge in [-0.05, 0) is 17.7 Å². The minimum absolute atomic E-state index is 0.0855. The average Bonchev–Trinajstić information content (AvgIpc) is 2.77. The number of aromatic amines is 1. The Hall–Kier alpha value is -3.33. The highest BCUT2D eigenvalue weighted by Crippen LogP contribution is 2.40. The molecule has 7 nitrogen and oxygen atoms in total. The number of anilines is 1. The lowest BCUT2D eigenvalue weighted by atomic mass is 9.86. The van der Waals surface area contributed by atoms with Gasteiger partial charge in [-0.15, -0.1) is 0 Å². The molecule has 1 aromatic heterocycles. The van der Waals surface area contributed by atoms with E-state index in [1.165, 1.54) is 24.9 Å². The first-order chi connectivity index (χ1) is 15.0. The molecule has 160 valence electrons. The predicted octanol–water partition coefficient (Wildman–Crippen LogP) is 3.69. The Morgan fingerprint density at radius 2 is 1.97 bits per heavy atom. The van der Waals surface area contributed by atoms with Crippen molar-refractivity contribution < 1.29 is 18.7 Å². The zero-order valence-electron chi connectivity index (χ0n) is 16.9. The van der Waals surface area contributed by atoms with Crippen LogP contribution in [-0.2, 0) is 10.5 Å². The van der Waals surface area contributed by atoms with Crippen molar-refractivity contribution in [2.75, 3.05) is 19.5 Å². The number of thioether (sulfide) groups is 1. The normalized spacial score (nSPS) is 15.2. The van der Waals surface area contributed by atoms with Gasteiger partial charge in [-0.2, -0.15) is 0 Å². The molecule has 0 bridgehead atoms. The lowest BCUT2D eigenvalue weighted by Crippen LogP contribution is -2.31. The molecule has 9 heteroatoms. The van der Waals surface area contributed by atoms with E-state index in [9.17, 15) is 14.0 Å². The zero-order valence-corrected chi connectivity index (χ0v) is 17.7. The molecule has 0 aliphatic carbocycles. The number of benzene rings is 2. The van der Waals surface area contributed by atoms with Gasteiger partial charge in [0.25, 0.3) is 5.56 Å². The number of H-pyrrole nitrogens is 1. The van der Waals surface area contributed by atoms with E-state index >= 15 is 0 Å². The van der Waals surface area contributed by atoms with Crippen LogP contribution in [0.2, 0.25) is 0 Å². The number of halogens is 1. The first kappa shape index (κ1) is 20.9. The number of nitrogens with one attached hydrogen (secondary N) is 2. The molecule has 2 heterocycles. The molecular weight excluding hydrogens is 421 g/mol. The summed E-state index contributed by atoms with van der Waals surface area (Å²) < 4.78 is 24.6. The van der Waals surface area contributed by atoms with Crippen LogP contribution in [-0.4, -0.2) is 30.1 Å². The van der Waals surface area contributed by atoms with E-state index in [2.05, 4.69) is 15.3 Å². The predicted molar refractivity (Wildman–Crippen MR) is 115 cm³/mol. The zero-order chi connectivity index (χ0) is 22.0. The first-order valence-corrected chi connectivity index (χ1v) is 10.5. The van der Waals surface area contributed by atoms with Gasteiger partial charge >= 0.3 is 0 Å². The van der Waals surface area contributed by atoms with Gasteiger partial charge in [0.05, 0.1) is 19.8 Å². The SMILES string of the molecule is COc1ccc(C2CC(=O)Nc3nc(SCc4ccccc4F)[nH]c(=O)c32)c(OC)c1.